The number of methoxy groups -OCH3 is 2. The van der Waals surface area contributed by atoms with E-state index in [1.807, 2.05) is 0 Å². The van der Waals surface area contributed by atoms with Crippen molar-refractivity contribution < 1.29 is 19.7 Å². The van der Waals surface area contributed by atoms with Gasteiger partial charge >= 0.3 is 0 Å². The van der Waals surface area contributed by atoms with Gasteiger partial charge in [-0.2, -0.15) is 0 Å². The molecule has 0 saturated carbocycles. The van der Waals surface area contributed by atoms with Crippen LogP contribution in [-0.4, -0.2) is 50.4 Å². The van der Waals surface area contributed by atoms with Crippen LogP contribution in [0.4, 0.5) is 0 Å². The molecule has 0 radical (unpaired) electrons. The van der Waals surface area contributed by atoms with E-state index in [-0.39, 0.29) is 12.7 Å². The molecule has 0 aliphatic rings. The number of hydrogen-bond acceptors (Lipinski definition) is 4. The SMILES string of the molecule is COCC(C)O.COCCCO. The highest BCUT2D eigenvalue weighted by molar-refractivity contribution is 4.36. The van der Waals surface area contributed by atoms with Crippen LogP contribution >= 0.6 is 0 Å². The summed E-state index contributed by atoms with van der Waals surface area (Å²) in [7, 11) is 3.18. The summed E-state index contributed by atoms with van der Waals surface area (Å²) in [5, 5.41) is 16.5. The van der Waals surface area contributed by atoms with Crippen LogP contribution in [0.2, 0.25) is 0 Å². The van der Waals surface area contributed by atoms with Crippen LogP contribution in [-0.2, 0) is 9.47 Å². The van der Waals surface area contributed by atoms with Gasteiger partial charge in [0.05, 0.1) is 12.7 Å². The van der Waals surface area contributed by atoms with Gasteiger partial charge < -0.3 is 19.7 Å². The molecule has 0 rings (SSSR count). The zero-order chi connectivity index (χ0) is 9.82. The molecule has 0 bridgehead atoms. The highest BCUT2D eigenvalue weighted by Crippen LogP contribution is 1.75. The van der Waals surface area contributed by atoms with E-state index in [9.17, 15) is 0 Å². The van der Waals surface area contributed by atoms with Crippen LogP contribution in [0.15, 0.2) is 0 Å². The highest BCUT2D eigenvalue weighted by Gasteiger charge is 1.87. The molecule has 1 unspecified atom stereocenters. The van der Waals surface area contributed by atoms with E-state index < -0.39 is 0 Å². The predicted octanol–water partition coefficient (Wildman–Crippen LogP) is 0.0288. The second-order valence-electron chi connectivity index (χ2n) is 2.37. The van der Waals surface area contributed by atoms with Crippen molar-refractivity contribution in [1.82, 2.24) is 0 Å². The molecule has 0 fully saturated rings. The lowest BCUT2D eigenvalue weighted by molar-refractivity contribution is 0.0765. The summed E-state index contributed by atoms with van der Waals surface area (Å²) < 4.78 is 9.18. The normalized spacial score (nSPS) is 11.8. The average Bonchev–Trinajstić information content (AvgIpc) is 2.02. The van der Waals surface area contributed by atoms with Gasteiger partial charge in [-0.15, -0.1) is 0 Å². The molecule has 2 N–H and O–H groups in total. The quantitative estimate of drug-likeness (QED) is 0.586. The predicted molar refractivity (Wildman–Crippen MR) is 47.1 cm³/mol. The third kappa shape index (κ3) is 22.5. The molecule has 0 aliphatic carbocycles. The van der Waals surface area contributed by atoms with Crippen molar-refractivity contribution in [3.8, 4) is 0 Å². The van der Waals surface area contributed by atoms with E-state index in [2.05, 4.69) is 9.47 Å². The molecule has 4 nitrogen and oxygen atoms in total. The van der Waals surface area contributed by atoms with E-state index in [0.29, 0.717) is 13.2 Å². The largest absolute Gasteiger partial charge is 0.396 e. The van der Waals surface area contributed by atoms with Crippen molar-refractivity contribution in [2.45, 2.75) is 19.4 Å². The van der Waals surface area contributed by atoms with E-state index in [1.165, 1.54) is 0 Å². The first-order valence-corrected chi connectivity index (χ1v) is 3.95. The Morgan fingerprint density at radius 2 is 1.83 bits per heavy atom. The Balaban J connectivity index is 0. The van der Waals surface area contributed by atoms with Crippen molar-refractivity contribution in [2.24, 2.45) is 0 Å². The monoisotopic (exact) mass is 180 g/mol. The molecule has 0 spiro atoms. The van der Waals surface area contributed by atoms with Crippen molar-refractivity contribution in [3.63, 3.8) is 0 Å². The average molecular weight is 180 g/mol. The lowest BCUT2D eigenvalue weighted by Crippen LogP contribution is -2.07. The Morgan fingerprint density at radius 3 is 1.92 bits per heavy atom. The molecular formula is C8H20O4. The van der Waals surface area contributed by atoms with Gasteiger partial charge in [0.1, 0.15) is 0 Å². The van der Waals surface area contributed by atoms with E-state index in [1.54, 1.807) is 21.1 Å². The molecule has 0 aromatic heterocycles. The summed E-state index contributed by atoms with van der Waals surface area (Å²) in [6.07, 6.45) is 0.422. The molecule has 4 heteroatoms. The molecule has 76 valence electrons. The minimum Gasteiger partial charge on any atom is -0.396 e. The topological polar surface area (TPSA) is 58.9 Å². The maximum absolute atomic E-state index is 8.43. The number of aliphatic hydroxyl groups is 2. The number of ether oxygens (including phenoxy) is 2. The maximum Gasteiger partial charge on any atom is 0.0745 e. The molecule has 1 atom stereocenters. The van der Waals surface area contributed by atoms with Crippen LogP contribution in [0.1, 0.15) is 13.3 Å². The first-order valence-electron chi connectivity index (χ1n) is 3.95. The summed E-state index contributed by atoms with van der Waals surface area (Å²) in [6, 6.07) is 0. The molecule has 0 amide bonds. The van der Waals surface area contributed by atoms with E-state index >= 15 is 0 Å². The molecule has 12 heavy (non-hydrogen) atoms. The zero-order valence-corrected chi connectivity index (χ0v) is 8.12. The van der Waals surface area contributed by atoms with Crippen molar-refractivity contribution in [3.05, 3.63) is 0 Å². The number of aliphatic hydroxyl groups excluding tert-OH is 2. The fourth-order valence-corrected chi connectivity index (χ4v) is 0.450. The Kier molecular flexibility index (Phi) is 16.1. The number of hydrogen-bond donors (Lipinski definition) is 2. The third-order valence-electron chi connectivity index (χ3n) is 0.914. The Morgan fingerprint density at radius 1 is 1.25 bits per heavy atom. The summed E-state index contributed by atoms with van der Waals surface area (Å²) >= 11 is 0. The maximum atomic E-state index is 8.43. The van der Waals surface area contributed by atoms with Gasteiger partial charge in [0.15, 0.2) is 0 Å². The summed E-state index contributed by atoms with van der Waals surface area (Å²) in [4.78, 5) is 0. The van der Waals surface area contributed by atoms with Gasteiger partial charge in [-0.25, -0.2) is 0 Å². The van der Waals surface area contributed by atoms with E-state index in [4.69, 9.17) is 10.2 Å². The Hall–Kier alpha value is -0.160. The third-order valence-corrected chi connectivity index (χ3v) is 0.914. The first-order chi connectivity index (χ1) is 5.68. The van der Waals surface area contributed by atoms with Crippen LogP contribution < -0.4 is 0 Å². The van der Waals surface area contributed by atoms with Gasteiger partial charge in [0.25, 0.3) is 0 Å². The van der Waals surface area contributed by atoms with Crippen LogP contribution in [0.3, 0.4) is 0 Å². The van der Waals surface area contributed by atoms with Gasteiger partial charge in [-0.1, -0.05) is 0 Å². The van der Waals surface area contributed by atoms with Crippen molar-refractivity contribution in [2.75, 3.05) is 34.0 Å². The molecule has 0 heterocycles. The molecular weight excluding hydrogens is 160 g/mol. The van der Waals surface area contributed by atoms with Gasteiger partial charge in [0.2, 0.25) is 0 Å². The van der Waals surface area contributed by atoms with Crippen molar-refractivity contribution >= 4 is 0 Å². The van der Waals surface area contributed by atoms with Crippen LogP contribution in [0.25, 0.3) is 0 Å². The van der Waals surface area contributed by atoms with Gasteiger partial charge in [-0.3, -0.25) is 0 Å². The summed E-state index contributed by atoms with van der Waals surface area (Å²) in [6.45, 7) is 3.01. The van der Waals surface area contributed by atoms with Crippen LogP contribution in [0.5, 0.6) is 0 Å². The Labute approximate surface area is 74.1 Å². The minimum atomic E-state index is -0.324. The van der Waals surface area contributed by atoms with E-state index in [0.717, 1.165) is 6.42 Å². The zero-order valence-electron chi connectivity index (χ0n) is 8.12. The highest BCUT2D eigenvalue weighted by atomic mass is 16.5. The summed E-state index contributed by atoms with van der Waals surface area (Å²) in [5.74, 6) is 0. The number of rotatable bonds is 5. The van der Waals surface area contributed by atoms with Crippen LogP contribution in [0, 0.1) is 0 Å². The lowest BCUT2D eigenvalue weighted by Gasteiger charge is -1.97. The fourth-order valence-electron chi connectivity index (χ4n) is 0.450. The molecule has 0 aliphatic heterocycles. The second-order valence-corrected chi connectivity index (χ2v) is 2.37. The molecule has 0 saturated heterocycles. The molecule has 0 aromatic carbocycles. The molecule has 0 aromatic rings. The first kappa shape index (κ1) is 14.4. The Bertz CT molecular complexity index is 62.1. The fraction of sp³-hybridized carbons (Fsp3) is 1.00. The standard InChI is InChI=1S/2C4H10O2/c1-4(5)3-6-2;1-6-4-2-3-5/h4-5H,3H2,1-2H3;5H,2-4H2,1H3. The van der Waals surface area contributed by atoms with Crippen molar-refractivity contribution in [1.29, 1.82) is 0 Å². The minimum absolute atomic E-state index is 0.230. The lowest BCUT2D eigenvalue weighted by atomic mass is 10.5. The van der Waals surface area contributed by atoms with Gasteiger partial charge in [-0.05, 0) is 13.3 Å². The second kappa shape index (κ2) is 13.4. The smallest absolute Gasteiger partial charge is 0.0745 e. The van der Waals surface area contributed by atoms with Gasteiger partial charge in [0, 0.05) is 27.4 Å². The summed E-state index contributed by atoms with van der Waals surface area (Å²) in [5.41, 5.74) is 0.